The van der Waals surface area contributed by atoms with Gasteiger partial charge in [-0.2, -0.15) is 0 Å². The van der Waals surface area contributed by atoms with Crippen molar-refractivity contribution in [3.63, 3.8) is 0 Å². The van der Waals surface area contributed by atoms with Gasteiger partial charge in [-0.25, -0.2) is 4.90 Å². The Kier molecular flexibility index (Phi) is 6.43. The van der Waals surface area contributed by atoms with E-state index in [1.807, 2.05) is 38.1 Å². The molecular weight excluding hydrogens is 468 g/mol. The Morgan fingerprint density at radius 2 is 1.54 bits per heavy atom. The predicted molar refractivity (Wildman–Crippen MR) is 141 cm³/mol. The third-order valence-electron chi connectivity index (χ3n) is 5.93. The van der Waals surface area contributed by atoms with Gasteiger partial charge in [0.05, 0.1) is 16.8 Å². The number of nitrogens with zero attached hydrogens (tertiary/aromatic N) is 1. The average Bonchev–Trinajstić information content (AvgIpc) is 3.14. The molecule has 5 rings (SSSR count). The summed E-state index contributed by atoms with van der Waals surface area (Å²) >= 11 is 0. The smallest absolute Gasteiger partial charge is 0.266 e. The topological polar surface area (TPSA) is 84.9 Å². The second-order valence-electron chi connectivity index (χ2n) is 8.72. The molecule has 0 saturated carbocycles. The molecule has 0 aliphatic carbocycles. The Hall–Kier alpha value is -4.91. The molecule has 0 atom stereocenters. The first-order chi connectivity index (χ1) is 17.9. The first-order valence-electron chi connectivity index (χ1n) is 11.7. The Labute approximate surface area is 214 Å². The van der Waals surface area contributed by atoms with Gasteiger partial charge in [-0.3, -0.25) is 14.4 Å². The van der Waals surface area contributed by atoms with Crippen molar-refractivity contribution >= 4 is 29.1 Å². The van der Waals surface area contributed by atoms with E-state index in [0.29, 0.717) is 34.2 Å². The lowest BCUT2D eigenvalue weighted by Crippen LogP contribution is -2.29. The van der Waals surface area contributed by atoms with Crippen LogP contribution in [-0.4, -0.2) is 24.3 Å². The lowest BCUT2D eigenvalue weighted by Gasteiger charge is -2.13. The van der Waals surface area contributed by atoms with Gasteiger partial charge in [0.1, 0.15) is 17.2 Å². The molecule has 7 nitrogen and oxygen atoms in total. The van der Waals surface area contributed by atoms with E-state index in [9.17, 15) is 14.4 Å². The molecule has 0 aromatic heterocycles. The number of imide groups is 1. The van der Waals surface area contributed by atoms with Gasteiger partial charge in [0.2, 0.25) is 0 Å². The molecule has 184 valence electrons. The maximum Gasteiger partial charge on any atom is 0.266 e. The van der Waals surface area contributed by atoms with E-state index >= 15 is 0 Å². The third-order valence-corrected chi connectivity index (χ3v) is 5.93. The van der Waals surface area contributed by atoms with Crippen LogP contribution in [0.3, 0.4) is 0 Å². The number of anilines is 2. The maximum atomic E-state index is 13.0. The number of hydrogen-bond donors (Lipinski definition) is 1. The van der Waals surface area contributed by atoms with Crippen molar-refractivity contribution in [3.05, 3.63) is 113 Å². The second kappa shape index (κ2) is 9.99. The Balaban J connectivity index is 1.26. The first kappa shape index (κ1) is 23.8. The fourth-order valence-corrected chi connectivity index (χ4v) is 4.07. The quantitative estimate of drug-likeness (QED) is 0.324. The number of carbonyl (C=O) groups excluding carboxylic acids is 3. The zero-order valence-corrected chi connectivity index (χ0v) is 20.4. The summed E-state index contributed by atoms with van der Waals surface area (Å²) in [5, 5.41) is 2.80. The van der Waals surface area contributed by atoms with Gasteiger partial charge < -0.3 is 14.8 Å². The van der Waals surface area contributed by atoms with Crippen LogP contribution in [0.4, 0.5) is 11.4 Å². The monoisotopic (exact) mass is 492 g/mol. The number of benzene rings is 4. The van der Waals surface area contributed by atoms with Gasteiger partial charge in [-0.15, -0.1) is 0 Å². The van der Waals surface area contributed by atoms with Crippen molar-refractivity contribution in [2.45, 2.75) is 13.8 Å². The lowest BCUT2D eigenvalue weighted by molar-refractivity contribution is -0.118. The summed E-state index contributed by atoms with van der Waals surface area (Å²) in [6.07, 6.45) is 0. The molecule has 1 aliphatic rings. The molecule has 0 bridgehead atoms. The van der Waals surface area contributed by atoms with Crippen molar-refractivity contribution in [1.29, 1.82) is 0 Å². The van der Waals surface area contributed by atoms with Crippen LogP contribution in [0.1, 0.15) is 31.8 Å². The van der Waals surface area contributed by atoms with E-state index in [4.69, 9.17) is 9.47 Å². The van der Waals surface area contributed by atoms with Gasteiger partial charge in [0.25, 0.3) is 17.7 Å². The van der Waals surface area contributed by atoms with Crippen molar-refractivity contribution in [3.8, 4) is 17.2 Å². The largest absolute Gasteiger partial charge is 0.483 e. The van der Waals surface area contributed by atoms with E-state index in [-0.39, 0.29) is 24.0 Å². The number of rotatable bonds is 7. The number of nitrogens with one attached hydrogen (secondary N) is 1. The summed E-state index contributed by atoms with van der Waals surface area (Å²) < 4.78 is 11.6. The fraction of sp³-hybridized carbons (Fsp3) is 0.100. The second-order valence-corrected chi connectivity index (χ2v) is 8.72. The third kappa shape index (κ3) is 5.06. The van der Waals surface area contributed by atoms with Gasteiger partial charge in [-0.05, 0) is 73.5 Å². The molecule has 0 unspecified atom stereocenters. The highest BCUT2D eigenvalue weighted by atomic mass is 16.5. The molecule has 1 heterocycles. The zero-order chi connectivity index (χ0) is 25.9. The van der Waals surface area contributed by atoms with Crippen molar-refractivity contribution in [2.75, 3.05) is 16.8 Å². The van der Waals surface area contributed by atoms with E-state index in [2.05, 4.69) is 5.32 Å². The Morgan fingerprint density at radius 3 is 2.35 bits per heavy atom. The van der Waals surface area contributed by atoms with Crippen LogP contribution >= 0.6 is 0 Å². The molecule has 7 heteroatoms. The normalized spacial score (nSPS) is 12.3. The Bertz CT molecular complexity index is 1510. The summed E-state index contributed by atoms with van der Waals surface area (Å²) in [7, 11) is 0. The summed E-state index contributed by atoms with van der Waals surface area (Å²) in [4.78, 5) is 39.4. The van der Waals surface area contributed by atoms with Crippen molar-refractivity contribution < 1.29 is 23.9 Å². The highest BCUT2D eigenvalue weighted by Crippen LogP contribution is 2.32. The van der Waals surface area contributed by atoms with E-state index in [1.54, 1.807) is 66.7 Å². The van der Waals surface area contributed by atoms with Crippen LogP contribution in [0.2, 0.25) is 0 Å². The molecule has 0 radical (unpaired) electrons. The van der Waals surface area contributed by atoms with Gasteiger partial charge in [0.15, 0.2) is 6.61 Å². The first-order valence-corrected chi connectivity index (χ1v) is 11.7. The number of fused-ring (bicyclic) bond motifs is 1. The molecule has 0 fully saturated rings. The molecule has 3 amide bonds. The average molecular weight is 493 g/mol. The van der Waals surface area contributed by atoms with Crippen molar-refractivity contribution in [1.82, 2.24) is 0 Å². The standard InChI is InChI=1S/C30H24N2O5/c1-19-11-12-20(2)27(15-19)36-18-28(33)31-21-7-6-10-23(16-21)37-24-13-14-25-26(17-24)30(35)32(29(25)34)22-8-4-3-5-9-22/h3-17H,18H2,1-2H3,(H,31,33). The molecular formula is C30H24N2O5. The maximum absolute atomic E-state index is 13.0. The van der Waals surface area contributed by atoms with E-state index < -0.39 is 5.91 Å². The molecule has 0 spiro atoms. The lowest BCUT2D eigenvalue weighted by atomic mass is 10.1. The van der Waals surface area contributed by atoms with E-state index in [0.717, 1.165) is 16.0 Å². The van der Waals surface area contributed by atoms with Crippen LogP contribution in [0, 0.1) is 13.8 Å². The minimum atomic E-state index is -0.401. The zero-order valence-electron chi connectivity index (χ0n) is 20.4. The van der Waals surface area contributed by atoms with E-state index in [1.165, 1.54) is 0 Å². The molecule has 37 heavy (non-hydrogen) atoms. The van der Waals surface area contributed by atoms with Gasteiger partial charge in [0, 0.05) is 11.8 Å². The van der Waals surface area contributed by atoms with Crippen LogP contribution in [0.5, 0.6) is 17.2 Å². The highest BCUT2D eigenvalue weighted by molar-refractivity contribution is 6.34. The molecule has 4 aromatic carbocycles. The summed E-state index contributed by atoms with van der Waals surface area (Å²) in [5.74, 6) is 0.455. The fourth-order valence-electron chi connectivity index (χ4n) is 4.07. The van der Waals surface area contributed by atoms with Crippen LogP contribution < -0.4 is 19.7 Å². The number of para-hydroxylation sites is 1. The number of amides is 3. The minimum absolute atomic E-state index is 0.131. The summed E-state index contributed by atoms with van der Waals surface area (Å²) in [5.41, 5.74) is 3.66. The van der Waals surface area contributed by atoms with Crippen LogP contribution in [0.25, 0.3) is 0 Å². The predicted octanol–water partition coefficient (Wildman–Crippen LogP) is 5.91. The highest BCUT2D eigenvalue weighted by Gasteiger charge is 2.36. The van der Waals surface area contributed by atoms with Crippen LogP contribution in [0.15, 0.2) is 91.0 Å². The van der Waals surface area contributed by atoms with Gasteiger partial charge in [-0.1, -0.05) is 36.4 Å². The number of carbonyl (C=O) groups is 3. The van der Waals surface area contributed by atoms with Crippen molar-refractivity contribution in [2.24, 2.45) is 0 Å². The molecule has 1 aliphatic heterocycles. The number of ether oxygens (including phenoxy) is 2. The minimum Gasteiger partial charge on any atom is -0.483 e. The number of hydrogen-bond acceptors (Lipinski definition) is 5. The molecule has 4 aromatic rings. The summed E-state index contributed by atoms with van der Waals surface area (Å²) in [6.45, 7) is 3.76. The Morgan fingerprint density at radius 1 is 0.784 bits per heavy atom. The number of aryl methyl sites for hydroxylation is 2. The van der Waals surface area contributed by atoms with Gasteiger partial charge >= 0.3 is 0 Å². The molecule has 0 saturated heterocycles. The molecule has 1 N–H and O–H groups in total. The van der Waals surface area contributed by atoms with Crippen LogP contribution in [-0.2, 0) is 4.79 Å². The summed E-state index contributed by atoms with van der Waals surface area (Å²) in [6, 6.07) is 26.3. The SMILES string of the molecule is Cc1ccc(C)c(OCC(=O)Nc2cccc(Oc3ccc4c(c3)C(=O)N(c3ccccc3)C4=O)c2)c1.